The van der Waals surface area contributed by atoms with E-state index in [1.807, 2.05) is 44.2 Å². The van der Waals surface area contributed by atoms with Crippen molar-refractivity contribution in [2.75, 3.05) is 0 Å². The second kappa shape index (κ2) is 6.84. The summed E-state index contributed by atoms with van der Waals surface area (Å²) >= 11 is 0. The molecule has 1 aromatic heterocycles. The summed E-state index contributed by atoms with van der Waals surface area (Å²) in [4.78, 5) is 24.3. The molecule has 3 aromatic rings. The lowest BCUT2D eigenvalue weighted by molar-refractivity contribution is 0.0894. The number of carbonyl (C=O) groups excluding carboxylic acids is 1. The molecule has 0 aliphatic carbocycles. The molecule has 0 aliphatic heterocycles. The summed E-state index contributed by atoms with van der Waals surface area (Å²) in [5.41, 5.74) is 1.20. The van der Waals surface area contributed by atoms with Crippen molar-refractivity contribution in [2.45, 2.75) is 26.0 Å². The Balaban J connectivity index is 1.76. The first-order valence-electron chi connectivity index (χ1n) is 8.08. The van der Waals surface area contributed by atoms with Crippen LogP contribution in [0.3, 0.4) is 0 Å². The number of fused-ring (bicyclic) bond motifs is 1. The van der Waals surface area contributed by atoms with Gasteiger partial charge < -0.3 is 14.5 Å². The maximum atomic E-state index is 12.6. The molecular weight excluding hydrogens is 320 g/mol. The largest absolute Gasteiger partial charge is 0.489 e. The van der Waals surface area contributed by atoms with E-state index in [-0.39, 0.29) is 23.6 Å². The zero-order valence-corrected chi connectivity index (χ0v) is 14.4. The summed E-state index contributed by atoms with van der Waals surface area (Å²) in [6, 6.07) is 14.3. The number of hydrogen-bond donors (Lipinski definition) is 1. The van der Waals surface area contributed by atoms with E-state index in [1.165, 1.54) is 4.57 Å². The zero-order valence-electron chi connectivity index (χ0n) is 14.4. The summed E-state index contributed by atoms with van der Waals surface area (Å²) < 4.78 is 12.4. The predicted octanol–water partition coefficient (Wildman–Crippen LogP) is 2.72. The van der Waals surface area contributed by atoms with E-state index in [0.717, 1.165) is 5.75 Å². The monoisotopic (exact) mass is 340 g/mol. The third-order valence-electron chi connectivity index (χ3n) is 4.19. The number of ether oxygens (including phenoxy) is 1. The van der Waals surface area contributed by atoms with Crippen LogP contribution in [0.4, 0.5) is 0 Å². The van der Waals surface area contributed by atoms with Crippen molar-refractivity contribution in [1.82, 2.24) is 9.88 Å². The van der Waals surface area contributed by atoms with Gasteiger partial charge in [-0.25, -0.2) is 4.79 Å². The Labute approximate surface area is 145 Å². The number of benzene rings is 2. The van der Waals surface area contributed by atoms with Crippen LogP contribution in [0, 0.1) is 0 Å². The molecule has 0 fully saturated rings. The fraction of sp³-hybridized carbons (Fsp3) is 0.263. The smallest absolute Gasteiger partial charge is 0.419 e. The van der Waals surface area contributed by atoms with Gasteiger partial charge in [0.2, 0.25) is 0 Å². The first-order valence-corrected chi connectivity index (χ1v) is 8.08. The highest BCUT2D eigenvalue weighted by Crippen LogP contribution is 2.18. The number of oxazole rings is 1. The van der Waals surface area contributed by atoms with Crippen LogP contribution in [0.1, 0.15) is 24.2 Å². The Morgan fingerprint density at radius 1 is 1.12 bits per heavy atom. The molecule has 2 atom stereocenters. The Kier molecular flexibility index (Phi) is 4.61. The van der Waals surface area contributed by atoms with Gasteiger partial charge in [0.25, 0.3) is 5.91 Å². The molecule has 2 aromatic carbocycles. The molecule has 3 rings (SSSR count). The highest BCUT2D eigenvalue weighted by molar-refractivity contribution is 6.04. The second-order valence-corrected chi connectivity index (χ2v) is 5.98. The molecule has 25 heavy (non-hydrogen) atoms. The minimum Gasteiger partial charge on any atom is -0.489 e. The number of nitrogens with zero attached hydrogens (tertiary/aromatic N) is 1. The fourth-order valence-corrected chi connectivity index (χ4v) is 2.55. The van der Waals surface area contributed by atoms with Gasteiger partial charge in [0.1, 0.15) is 11.9 Å². The van der Waals surface area contributed by atoms with Gasteiger partial charge in [-0.15, -0.1) is 0 Å². The Morgan fingerprint density at radius 2 is 1.84 bits per heavy atom. The zero-order chi connectivity index (χ0) is 18.0. The molecule has 6 heteroatoms. The van der Waals surface area contributed by atoms with Gasteiger partial charge >= 0.3 is 5.76 Å². The quantitative estimate of drug-likeness (QED) is 0.775. The summed E-state index contributed by atoms with van der Waals surface area (Å²) in [6.45, 7) is 3.76. The van der Waals surface area contributed by atoms with Crippen LogP contribution < -0.4 is 15.8 Å². The number of aromatic nitrogens is 1. The third kappa shape index (κ3) is 3.42. The number of hydrogen-bond acceptors (Lipinski definition) is 4. The number of nitrogens with one attached hydrogen (secondary N) is 1. The van der Waals surface area contributed by atoms with Gasteiger partial charge in [0, 0.05) is 7.05 Å². The van der Waals surface area contributed by atoms with Crippen LogP contribution in [0.5, 0.6) is 5.75 Å². The maximum absolute atomic E-state index is 12.6. The number of rotatable bonds is 5. The molecule has 6 nitrogen and oxygen atoms in total. The molecule has 0 radical (unpaired) electrons. The fourth-order valence-electron chi connectivity index (χ4n) is 2.55. The molecule has 0 bridgehead atoms. The number of amides is 1. The average Bonchev–Trinajstić information content (AvgIpc) is 2.90. The van der Waals surface area contributed by atoms with E-state index in [0.29, 0.717) is 11.1 Å². The number of para-hydroxylation sites is 2. The first-order chi connectivity index (χ1) is 12.0. The predicted molar refractivity (Wildman–Crippen MR) is 94.9 cm³/mol. The van der Waals surface area contributed by atoms with E-state index < -0.39 is 5.76 Å². The minimum atomic E-state index is -0.496. The average molecular weight is 340 g/mol. The molecule has 0 saturated carbocycles. The van der Waals surface area contributed by atoms with Crippen molar-refractivity contribution >= 4 is 17.0 Å². The van der Waals surface area contributed by atoms with Crippen molar-refractivity contribution in [2.24, 2.45) is 7.05 Å². The van der Waals surface area contributed by atoms with Crippen molar-refractivity contribution < 1.29 is 13.9 Å². The van der Waals surface area contributed by atoms with Crippen LogP contribution in [0.25, 0.3) is 11.1 Å². The van der Waals surface area contributed by atoms with Gasteiger partial charge in [0.05, 0.1) is 17.1 Å². The summed E-state index contributed by atoms with van der Waals surface area (Å²) in [6.07, 6.45) is -0.228. The molecule has 1 heterocycles. The summed E-state index contributed by atoms with van der Waals surface area (Å²) in [7, 11) is 1.61. The van der Waals surface area contributed by atoms with Crippen molar-refractivity contribution in [3.05, 3.63) is 64.6 Å². The lowest BCUT2D eigenvalue weighted by Gasteiger charge is -2.22. The second-order valence-electron chi connectivity index (χ2n) is 5.98. The molecule has 1 amide bonds. The van der Waals surface area contributed by atoms with Crippen molar-refractivity contribution in [1.29, 1.82) is 0 Å². The molecular formula is C19H20N2O4. The van der Waals surface area contributed by atoms with E-state index in [1.54, 1.807) is 25.2 Å². The van der Waals surface area contributed by atoms with Gasteiger partial charge in [-0.1, -0.05) is 24.3 Å². The molecule has 130 valence electrons. The topological polar surface area (TPSA) is 73.5 Å². The molecule has 0 spiro atoms. The van der Waals surface area contributed by atoms with E-state index >= 15 is 0 Å². The lowest BCUT2D eigenvalue weighted by Crippen LogP contribution is -2.42. The normalized spacial score (nSPS) is 13.4. The van der Waals surface area contributed by atoms with Crippen LogP contribution in [0.2, 0.25) is 0 Å². The number of aryl methyl sites for hydroxylation is 1. The van der Waals surface area contributed by atoms with Crippen LogP contribution >= 0.6 is 0 Å². The van der Waals surface area contributed by atoms with E-state index in [9.17, 15) is 9.59 Å². The van der Waals surface area contributed by atoms with Crippen LogP contribution in [-0.2, 0) is 7.05 Å². The Bertz CT molecular complexity index is 943. The molecule has 0 saturated heterocycles. The van der Waals surface area contributed by atoms with E-state index in [2.05, 4.69) is 5.32 Å². The lowest BCUT2D eigenvalue weighted by atomic mass is 10.1. The first kappa shape index (κ1) is 16.8. The maximum Gasteiger partial charge on any atom is 0.419 e. The Morgan fingerprint density at radius 3 is 2.56 bits per heavy atom. The molecule has 1 N–H and O–H groups in total. The summed E-state index contributed by atoms with van der Waals surface area (Å²) in [5, 5.41) is 2.90. The minimum absolute atomic E-state index is 0.228. The SMILES string of the molecule is C[C@@H](NC(=O)c1cccc2c1oc(=O)n2C)[C@@H](C)Oc1ccccc1. The standard InChI is InChI=1S/C19H20N2O4/c1-12(13(2)24-14-8-5-4-6-9-14)20-18(22)15-10-7-11-16-17(15)25-19(23)21(16)3/h4-13H,1-3H3,(H,20,22)/t12-,13-/m1/s1. The van der Waals surface area contributed by atoms with Crippen molar-refractivity contribution in [3.63, 3.8) is 0 Å². The van der Waals surface area contributed by atoms with Gasteiger partial charge in [0.15, 0.2) is 5.58 Å². The van der Waals surface area contributed by atoms with Crippen LogP contribution in [0.15, 0.2) is 57.7 Å². The molecule has 0 aliphatic rings. The van der Waals surface area contributed by atoms with E-state index in [4.69, 9.17) is 9.15 Å². The third-order valence-corrected chi connectivity index (χ3v) is 4.19. The van der Waals surface area contributed by atoms with Gasteiger partial charge in [-0.2, -0.15) is 0 Å². The summed E-state index contributed by atoms with van der Waals surface area (Å²) in [5.74, 6) is -0.0627. The number of carbonyl (C=O) groups is 1. The highest BCUT2D eigenvalue weighted by Gasteiger charge is 2.21. The van der Waals surface area contributed by atoms with Gasteiger partial charge in [-0.3, -0.25) is 9.36 Å². The Hall–Kier alpha value is -3.02. The highest BCUT2D eigenvalue weighted by atomic mass is 16.5. The van der Waals surface area contributed by atoms with Gasteiger partial charge in [-0.05, 0) is 38.1 Å². The van der Waals surface area contributed by atoms with Crippen LogP contribution in [-0.4, -0.2) is 22.6 Å². The molecule has 0 unspecified atom stereocenters. The van der Waals surface area contributed by atoms with Crippen molar-refractivity contribution in [3.8, 4) is 5.75 Å².